The zero-order chi connectivity index (χ0) is 17.3. The molecular weight excluding hydrogens is 288 g/mol. The van der Waals surface area contributed by atoms with E-state index in [2.05, 4.69) is 37.3 Å². The van der Waals surface area contributed by atoms with E-state index in [0.29, 0.717) is 5.92 Å². The van der Waals surface area contributed by atoms with Crippen LogP contribution in [0.3, 0.4) is 0 Å². The number of amides is 1. The summed E-state index contributed by atoms with van der Waals surface area (Å²) in [5.41, 5.74) is 0.819. The van der Waals surface area contributed by atoms with Crippen molar-refractivity contribution in [3.63, 3.8) is 0 Å². The van der Waals surface area contributed by atoms with Crippen LogP contribution in [0.5, 0.6) is 0 Å². The highest BCUT2D eigenvalue weighted by Gasteiger charge is 2.49. The number of aromatic nitrogens is 1. The van der Waals surface area contributed by atoms with E-state index in [1.54, 1.807) is 0 Å². The molecule has 1 fully saturated rings. The van der Waals surface area contributed by atoms with Gasteiger partial charge < -0.3 is 9.84 Å². The van der Waals surface area contributed by atoms with Crippen LogP contribution >= 0.6 is 0 Å². The second-order valence-electron chi connectivity index (χ2n) is 8.62. The van der Waals surface area contributed by atoms with Crippen molar-refractivity contribution in [2.24, 2.45) is 16.7 Å². The molecule has 1 saturated carbocycles. The van der Waals surface area contributed by atoms with Crippen LogP contribution in [0.2, 0.25) is 0 Å². The van der Waals surface area contributed by atoms with Crippen LogP contribution in [0, 0.1) is 16.7 Å². The standard InChI is InChI=1S/C19H32N2O2/c1-7-8-9-15-12-14(21-23-15)10-13-11-16(19(13,5)6)20-17(22)18(2,3)4/h12-13,16H,7-11H2,1-6H3,(H,20,22)/t13-,16+/m1/s1. The fourth-order valence-corrected chi connectivity index (χ4v) is 3.16. The largest absolute Gasteiger partial charge is 0.361 e. The van der Waals surface area contributed by atoms with Gasteiger partial charge >= 0.3 is 0 Å². The first-order chi connectivity index (χ1) is 10.6. The summed E-state index contributed by atoms with van der Waals surface area (Å²) >= 11 is 0. The molecule has 23 heavy (non-hydrogen) atoms. The number of unbranched alkanes of at least 4 members (excludes halogenated alkanes) is 1. The van der Waals surface area contributed by atoms with E-state index in [0.717, 1.165) is 37.1 Å². The quantitative estimate of drug-likeness (QED) is 0.857. The van der Waals surface area contributed by atoms with Crippen LogP contribution in [0.15, 0.2) is 10.6 Å². The number of carbonyl (C=O) groups is 1. The molecule has 130 valence electrons. The van der Waals surface area contributed by atoms with Crippen molar-refractivity contribution in [2.45, 2.75) is 79.7 Å². The molecule has 4 nitrogen and oxygen atoms in total. The number of rotatable bonds is 6. The predicted octanol–water partition coefficient (Wildman–Crippen LogP) is 4.14. The summed E-state index contributed by atoms with van der Waals surface area (Å²) in [5.74, 6) is 1.67. The zero-order valence-corrected chi connectivity index (χ0v) is 15.5. The van der Waals surface area contributed by atoms with Gasteiger partial charge in [0, 0.05) is 23.9 Å². The number of carbonyl (C=O) groups excluding carboxylic acids is 1. The molecular formula is C19H32N2O2. The van der Waals surface area contributed by atoms with Crippen LogP contribution in [0.25, 0.3) is 0 Å². The molecule has 0 aromatic carbocycles. The lowest BCUT2D eigenvalue weighted by atomic mass is 9.57. The average Bonchev–Trinajstić information content (AvgIpc) is 2.90. The minimum Gasteiger partial charge on any atom is -0.361 e. The second kappa shape index (κ2) is 6.66. The fraction of sp³-hybridized carbons (Fsp3) is 0.789. The molecule has 4 heteroatoms. The summed E-state index contributed by atoms with van der Waals surface area (Å²) in [4.78, 5) is 12.2. The van der Waals surface area contributed by atoms with E-state index >= 15 is 0 Å². The average molecular weight is 320 g/mol. The first kappa shape index (κ1) is 18.0. The SMILES string of the molecule is CCCCc1cc(C[C@@H]2C[C@H](NC(=O)C(C)(C)C)C2(C)C)no1. The van der Waals surface area contributed by atoms with Crippen LogP contribution in [0.1, 0.15) is 72.3 Å². The number of nitrogens with one attached hydrogen (secondary N) is 1. The Balaban J connectivity index is 1.89. The minimum absolute atomic E-state index is 0.101. The molecule has 1 heterocycles. The Morgan fingerprint density at radius 2 is 2.13 bits per heavy atom. The maximum atomic E-state index is 12.2. The zero-order valence-electron chi connectivity index (χ0n) is 15.5. The van der Waals surface area contributed by atoms with Crippen molar-refractivity contribution in [1.82, 2.24) is 10.5 Å². The first-order valence-electron chi connectivity index (χ1n) is 8.90. The fourth-order valence-electron chi connectivity index (χ4n) is 3.16. The van der Waals surface area contributed by atoms with Gasteiger partial charge in [-0.25, -0.2) is 0 Å². The highest BCUT2D eigenvalue weighted by Crippen LogP contribution is 2.48. The Labute approximate surface area is 140 Å². The molecule has 1 aromatic rings. The van der Waals surface area contributed by atoms with E-state index in [1.165, 1.54) is 6.42 Å². The smallest absolute Gasteiger partial charge is 0.225 e. The number of aryl methyl sites for hydroxylation is 1. The molecule has 0 radical (unpaired) electrons. The van der Waals surface area contributed by atoms with Crippen molar-refractivity contribution in [3.05, 3.63) is 17.5 Å². The summed E-state index contributed by atoms with van der Waals surface area (Å²) in [6.45, 7) is 12.5. The molecule has 2 rings (SSSR count). The molecule has 0 bridgehead atoms. The molecule has 2 atom stereocenters. The normalized spacial score (nSPS) is 23.4. The van der Waals surface area contributed by atoms with E-state index in [1.807, 2.05) is 20.8 Å². The van der Waals surface area contributed by atoms with Gasteiger partial charge in [0.05, 0.1) is 5.69 Å². The Kier molecular flexibility index (Phi) is 5.22. The molecule has 0 saturated heterocycles. The van der Waals surface area contributed by atoms with E-state index in [9.17, 15) is 4.79 Å². The van der Waals surface area contributed by atoms with Crippen LogP contribution in [-0.2, 0) is 17.6 Å². The summed E-state index contributed by atoms with van der Waals surface area (Å²) in [7, 11) is 0. The van der Waals surface area contributed by atoms with Crippen LogP contribution in [-0.4, -0.2) is 17.1 Å². The molecule has 0 unspecified atom stereocenters. The Morgan fingerprint density at radius 3 is 2.70 bits per heavy atom. The van der Waals surface area contributed by atoms with Crippen molar-refractivity contribution in [2.75, 3.05) is 0 Å². The highest BCUT2D eigenvalue weighted by molar-refractivity contribution is 5.81. The van der Waals surface area contributed by atoms with E-state index in [4.69, 9.17) is 4.52 Å². The molecule has 1 aromatic heterocycles. The van der Waals surface area contributed by atoms with Gasteiger partial charge in [0.2, 0.25) is 5.91 Å². The van der Waals surface area contributed by atoms with Gasteiger partial charge in [-0.15, -0.1) is 0 Å². The molecule has 0 aliphatic heterocycles. The second-order valence-corrected chi connectivity index (χ2v) is 8.62. The monoisotopic (exact) mass is 320 g/mol. The predicted molar refractivity (Wildman–Crippen MR) is 92.1 cm³/mol. The Hall–Kier alpha value is -1.32. The number of nitrogens with zero attached hydrogens (tertiary/aromatic N) is 1. The van der Waals surface area contributed by atoms with Gasteiger partial charge in [0.25, 0.3) is 0 Å². The summed E-state index contributed by atoms with van der Waals surface area (Å²) in [5, 5.41) is 7.43. The number of hydrogen-bond acceptors (Lipinski definition) is 3. The lowest BCUT2D eigenvalue weighted by Gasteiger charge is -2.52. The Bertz CT molecular complexity index is 540. The van der Waals surface area contributed by atoms with Gasteiger partial charge in [0.15, 0.2) is 0 Å². The lowest BCUT2D eigenvalue weighted by Crippen LogP contribution is -2.60. The minimum atomic E-state index is -0.332. The third-order valence-corrected chi connectivity index (χ3v) is 5.30. The van der Waals surface area contributed by atoms with Crippen molar-refractivity contribution < 1.29 is 9.32 Å². The number of hydrogen-bond donors (Lipinski definition) is 1. The van der Waals surface area contributed by atoms with Crippen LogP contribution < -0.4 is 5.32 Å². The van der Waals surface area contributed by atoms with E-state index in [-0.39, 0.29) is 22.8 Å². The highest BCUT2D eigenvalue weighted by atomic mass is 16.5. The van der Waals surface area contributed by atoms with Gasteiger partial charge in [-0.3, -0.25) is 4.79 Å². The van der Waals surface area contributed by atoms with Crippen molar-refractivity contribution in [1.29, 1.82) is 0 Å². The van der Waals surface area contributed by atoms with Crippen molar-refractivity contribution in [3.8, 4) is 0 Å². The third-order valence-electron chi connectivity index (χ3n) is 5.30. The molecule has 0 spiro atoms. The maximum Gasteiger partial charge on any atom is 0.225 e. The molecule has 1 N–H and O–H groups in total. The lowest BCUT2D eigenvalue weighted by molar-refractivity contribution is -0.133. The van der Waals surface area contributed by atoms with Crippen molar-refractivity contribution >= 4 is 5.91 Å². The van der Waals surface area contributed by atoms with E-state index < -0.39 is 0 Å². The maximum absolute atomic E-state index is 12.2. The van der Waals surface area contributed by atoms with Gasteiger partial charge in [-0.1, -0.05) is 53.1 Å². The topological polar surface area (TPSA) is 55.1 Å². The molecule has 1 aliphatic rings. The van der Waals surface area contributed by atoms with Crippen LogP contribution in [0.4, 0.5) is 0 Å². The van der Waals surface area contributed by atoms with Gasteiger partial charge in [-0.05, 0) is 30.6 Å². The Morgan fingerprint density at radius 1 is 1.43 bits per heavy atom. The summed E-state index contributed by atoms with van der Waals surface area (Å²) in [6.07, 6.45) is 5.24. The molecule has 1 amide bonds. The third kappa shape index (κ3) is 4.15. The summed E-state index contributed by atoms with van der Waals surface area (Å²) in [6, 6.07) is 2.36. The van der Waals surface area contributed by atoms with Gasteiger partial charge in [0.1, 0.15) is 5.76 Å². The summed E-state index contributed by atoms with van der Waals surface area (Å²) < 4.78 is 5.42. The first-order valence-corrected chi connectivity index (χ1v) is 8.90. The van der Waals surface area contributed by atoms with Gasteiger partial charge in [-0.2, -0.15) is 0 Å². The molecule has 1 aliphatic carbocycles.